The Hall–Kier alpha value is -3.03. The maximum Gasteiger partial charge on any atom is 0.161 e. The Labute approximate surface area is 155 Å². The quantitative estimate of drug-likeness (QED) is 0.699. The summed E-state index contributed by atoms with van der Waals surface area (Å²) in [6, 6.07) is 6.04. The van der Waals surface area contributed by atoms with Gasteiger partial charge >= 0.3 is 0 Å². The molecule has 1 aliphatic rings. The highest BCUT2D eigenvalue weighted by atomic mass is 19.1. The van der Waals surface area contributed by atoms with Gasteiger partial charge in [-0.3, -0.25) is 4.39 Å². The van der Waals surface area contributed by atoms with Crippen molar-refractivity contribution in [1.29, 1.82) is 0 Å². The van der Waals surface area contributed by atoms with Crippen molar-refractivity contribution in [2.75, 3.05) is 18.5 Å². The Morgan fingerprint density at radius 3 is 3.04 bits per heavy atom. The van der Waals surface area contributed by atoms with E-state index in [2.05, 4.69) is 25.9 Å². The Morgan fingerprint density at radius 1 is 1.37 bits per heavy atom. The van der Waals surface area contributed by atoms with E-state index in [4.69, 9.17) is 0 Å². The monoisotopic (exact) mass is 370 g/mol. The van der Waals surface area contributed by atoms with E-state index in [9.17, 15) is 8.78 Å². The summed E-state index contributed by atoms with van der Waals surface area (Å²) in [6.45, 7) is 2.14. The van der Waals surface area contributed by atoms with E-state index in [-0.39, 0.29) is 24.2 Å². The number of rotatable bonds is 6. The molecule has 2 atom stereocenters. The summed E-state index contributed by atoms with van der Waals surface area (Å²) < 4.78 is 28.3. The van der Waals surface area contributed by atoms with Crippen LogP contribution in [-0.2, 0) is 6.42 Å². The number of aryl methyl sites for hydroxylation is 1. The Balaban J connectivity index is 1.62. The lowest BCUT2D eigenvalue weighted by Gasteiger charge is -2.18. The van der Waals surface area contributed by atoms with Gasteiger partial charge in [0.05, 0.1) is 18.9 Å². The average molecular weight is 370 g/mol. The molecule has 4 rings (SSSR count). The third-order valence-electron chi connectivity index (χ3n) is 4.76. The number of aromatic nitrogens is 3. The van der Waals surface area contributed by atoms with Crippen LogP contribution in [0.1, 0.15) is 35.6 Å². The number of anilines is 1. The first-order valence-corrected chi connectivity index (χ1v) is 8.87. The van der Waals surface area contributed by atoms with E-state index in [1.165, 1.54) is 12.1 Å². The zero-order chi connectivity index (χ0) is 18.8. The molecule has 6 nitrogen and oxygen atoms in total. The molecule has 140 valence electrons. The number of nitrogens with one attached hydrogen (secondary N) is 2. The maximum absolute atomic E-state index is 13.7. The fourth-order valence-electron chi connectivity index (χ4n) is 3.36. The van der Waals surface area contributed by atoms with Crippen LogP contribution in [-0.4, -0.2) is 34.0 Å². The van der Waals surface area contributed by atoms with Crippen LogP contribution in [0.4, 0.5) is 14.6 Å². The normalized spacial score (nSPS) is 17.2. The minimum Gasteiger partial charge on any atom is -0.363 e. The van der Waals surface area contributed by atoms with Crippen molar-refractivity contribution in [3.8, 4) is 0 Å². The van der Waals surface area contributed by atoms with Crippen molar-refractivity contribution >= 4 is 17.7 Å². The SMILES string of the molecule is CC(Nc1ccn2ncc(C3C=NNC3)c2n1)c1cc(F)ccc1CCF. The molecule has 0 fully saturated rings. The van der Waals surface area contributed by atoms with Crippen molar-refractivity contribution < 1.29 is 8.78 Å². The number of alkyl halides is 1. The highest BCUT2D eigenvalue weighted by Gasteiger charge is 2.19. The fraction of sp³-hybridized carbons (Fsp3) is 0.316. The number of nitrogens with zero attached hydrogens (tertiary/aromatic N) is 4. The van der Waals surface area contributed by atoms with Crippen molar-refractivity contribution in [2.45, 2.75) is 25.3 Å². The van der Waals surface area contributed by atoms with Crippen LogP contribution in [0.15, 0.2) is 41.8 Å². The first-order valence-electron chi connectivity index (χ1n) is 8.87. The molecular formula is C19H20F2N6. The van der Waals surface area contributed by atoms with E-state index >= 15 is 0 Å². The van der Waals surface area contributed by atoms with Gasteiger partial charge in [-0.1, -0.05) is 6.07 Å². The van der Waals surface area contributed by atoms with E-state index in [0.29, 0.717) is 12.4 Å². The highest BCUT2D eigenvalue weighted by Crippen LogP contribution is 2.25. The van der Waals surface area contributed by atoms with E-state index in [1.807, 2.05) is 25.4 Å². The topological polar surface area (TPSA) is 66.6 Å². The molecule has 27 heavy (non-hydrogen) atoms. The first-order chi connectivity index (χ1) is 13.2. The van der Waals surface area contributed by atoms with E-state index in [1.54, 1.807) is 16.8 Å². The second-order valence-electron chi connectivity index (χ2n) is 6.58. The minimum atomic E-state index is -0.480. The lowest BCUT2D eigenvalue weighted by molar-refractivity contribution is 0.493. The van der Waals surface area contributed by atoms with Crippen LogP contribution in [0.3, 0.4) is 0 Å². The van der Waals surface area contributed by atoms with Gasteiger partial charge in [0.15, 0.2) is 5.65 Å². The molecule has 0 saturated heterocycles. The van der Waals surface area contributed by atoms with Crippen LogP contribution >= 0.6 is 0 Å². The maximum atomic E-state index is 13.7. The van der Waals surface area contributed by atoms with Crippen LogP contribution < -0.4 is 10.7 Å². The molecule has 0 amide bonds. The molecule has 2 unspecified atom stereocenters. The van der Waals surface area contributed by atoms with Crippen molar-refractivity contribution in [3.05, 3.63) is 59.2 Å². The smallest absolute Gasteiger partial charge is 0.161 e. The first kappa shape index (κ1) is 17.4. The van der Waals surface area contributed by atoms with Crippen molar-refractivity contribution in [2.24, 2.45) is 5.10 Å². The number of hydrazone groups is 1. The third-order valence-corrected chi connectivity index (χ3v) is 4.76. The zero-order valence-corrected chi connectivity index (χ0v) is 14.9. The Bertz CT molecular complexity index is 983. The zero-order valence-electron chi connectivity index (χ0n) is 14.9. The summed E-state index contributed by atoms with van der Waals surface area (Å²) in [5.41, 5.74) is 6.20. The molecule has 2 N–H and O–H groups in total. The van der Waals surface area contributed by atoms with Gasteiger partial charge in [-0.05, 0) is 36.2 Å². The van der Waals surface area contributed by atoms with Crippen LogP contribution in [0.25, 0.3) is 5.65 Å². The van der Waals surface area contributed by atoms with Gasteiger partial charge in [0.25, 0.3) is 0 Å². The van der Waals surface area contributed by atoms with Gasteiger partial charge in [0.2, 0.25) is 0 Å². The van der Waals surface area contributed by atoms with E-state index in [0.717, 1.165) is 22.3 Å². The fourth-order valence-corrected chi connectivity index (χ4v) is 3.36. The number of fused-ring (bicyclic) bond motifs is 1. The van der Waals surface area contributed by atoms with Crippen LogP contribution in [0.5, 0.6) is 0 Å². The summed E-state index contributed by atoms with van der Waals surface area (Å²) in [5, 5.41) is 11.7. The Kier molecular flexibility index (Phi) is 4.70. The standard InChI is InChI=1S/C19H20F2N6/c1-12(16-8-15(21)3-2-13(16)4-6-20)25-18-5-7-27-19(26-18)17(11-24-27)14-9-22-23-10-14/h2-3,5,7-9,11-12,14,23H,4,6,10H2,1H3,(H,25,26). The number of hydrogen-bond donors (Lipinski definition) is 2. The lowest BCUT2D eigenvalue weighted by Crippen LogP contribution is -2.12. The molecule has 0 bridgehead atoms. The molecular weight excluding hydrogens is 350 g/mol. The summed E-state index contributed by atoms with van der Waals surface area (Å²) in [7, 11) is 0. The number of benzene rings is 1. The van der Waals surface area contributed by atoms with Gasteiger partial charge in [-0.2, -0.15) is 10.2 Å². The Morgan fingerprint density at radius 2 is 2.26 bits per heavy atom. The molecule has 2 aromatic heterocycles. The predicted octanol–water partition coefficient (Wildman–Crippen LogP) is 3.23. The number of halogens is 2. The average Bonchev–Trinajstić information content (AvgIpc) is 3.32. The second-order valence-corrected chi connectivity index (χ2v) is 6.58. The lowest BCUT2D eigenvalue weighted by atomic mass is 9.99. The number of hydrogen-bond acceptors (Lipinski definition) is 5. The van der Waals surface area contributed by atoms with Gasteiger partial charge in [-0.25, -0.2) is 13.9 Å². The van der Waals surface area contributed by atoms with E-state index < -0.39 is 6.67 Å². The molecule has 1 aliphatic heterocycles. The van der Waals surface area contributed by atoms with Gasteiger partial charge in [0.1, 0.15) is 11.6 Å². The second kappa shape index (κ2) is 7.30. The minimum absolute atomic E-state index is 0.127. The van der Waals surface area contributed by atoms with Gasteiger partial charge < -0.3 is 10.7 Å². The van der Waals surface area contributed by atoms with Gasteiger partial charge in [0, 0.05) is 36.9 Å². The van der Waals surface area contributed by atoms with Crippen LogP contribution in [0.2, 0.25) is 0 Å². The highest BCUT2D eigenvalue weighted by molar-refractivity contribution is 5.73. The molecule has 3 aromatic rings. The summed E-state index contributed by atoms with van der Waals surface area (Å²) in [5.74, 6) is 0.438. The third kappa shape index (κ3) is 3.47. The predicted molar refractivity (Wildman–Crippen MR) is 100 cm³/mol. The molecule has 8 heteroatoms. The summed E-state index contributed by atoms with van der Waals surface area (Å²) in [4.78, 5) is 4.68. The molecule has 1 aromatic carbocycles. The molecule has 0 radical (unpaired) electrons. The molecule has 3 heterocycles. The van der Waals surface area contributed by atoms with Crippen molar-refractivity contribution in [1.82, 2.24) is 20.0 Å². The van der Waals surface area contributed by atoms with Gasteiger partial charge in [-0.15, -0.1) is 0 Å². The molecule has 0 saturated carbocycles. The molecule has 0 spiro atoms. The summed E-state index contributed by atoms with van der Waals surface area (Å²) in [6.07, 6.45) is 5.73. The van der Waals surface area contributed by atoms with Crippen LogP contribution in [0, 0.1) is 5.82 Å². The summed E-state index contributed by atoms with van der Waals surface area (Å²) >= 11 is 0. The van der Waals surface area contributed by atoms with Crippen molar-refractivity contribution in [3.63, 3.8) is 0 Å². The molecule has 0 aliphatic carbocycles. The largest absolute Gasteiger partial charge is 0.363 e.